The summed E-state index contributed by atoms with van der Waals surface area (Å²) in [6, 6.07) is 20.7. The third-order valence-corrected chi connectivity index (χ3v) is 5.74. The molecular formula is C23H20BrN3O. The fraction of sp³-hybridized carbons (Fsp3) is 0.174. The third kappa shape index (κ3) is 3.21. The summed E-state index contributed by atoms with van der Waals surface area (Å²) in [6.07, 6.45) is 2.81. The first-order valence-electron chi connectivity index (χ1n) is 9.44. The third-order valence-electron chi connectivity index (χ3n) is 5.24. The van der Waals surface area contributed by atoms with E-state index in [0.29, 0.717) is 6.61 Å². The van der Waals surface area contributed by atoms with Crippen LogP contribution in [0.5, 0.6) is 5.75 Å². The van der Waals surface area contributed by atoms with Gasteiger partial charge in [-0.1, -0.05) is 40.2 Å². The number of halogens is 1. The molecule has 0 amide bonds. The number of aromatic amines is 1. The highest BCUT2D eigenvalue weighted by Gasteiger charge is 2.27. The minimum atomic E-state index is 0.0624. The van der Waals surface area contributed by atoms with E-state index in [9.17, 15) is 0 Å². The first-order valence-corrected chi connectivity index (χ1v) is 10.2. The molecule has 140 valence electrons. The summed E-state index contributed by atoms with van der Waals surface area (Å²) in [6.45, 7) is 1.38. The van der Waals surface area contributed by atoms with Crippen LogP contribution in [-0.2, 0) is 13.0 Å². The number of para-hydroxylation sites is 1. The Bertz CT molecular complexity index is 1120. The van der Waals surface area contributed by atoms with Crippen molar-refractivity contribution in [3.05, 3.63) is 93.8 Å². The second-order valence-electron chi connectivity index (χ2n) is 6.99. The fourth-order valence-electron chi connectivity index (χ4n) is 3.96. The van der Waals surface area contributed by atoms with E-state index in [1.54, 1.807) is 6.20 Å². The highest BCUT2D eigenvalue weighted by molar-refractivity contribution is 9.10. The molecule has 4 nitrogen and oxygen atoms in total. The maximum Gasteiger partial charge on any atom is 0.130 e. The van der Waals surface area contributed by atoms with Crippen LogP contribution in [0.2, 0.25) is 0 Å². The van der Waals surface area contributed by atoms with E-state index in [0.717, 1.165) is 34.4 Å². The van der Waals surface area contributed by atoms with Gasteiger partial charge in [-0.25, -0.2) is 0 Å². The number of ether oxygens (including phenoxy) is 1. The minimum absolute atomic E-state index is 0.0624. The van der Waals surface area contributed by atoms with Gasteiger partial charge in [0.25, 0.3) is 0 Å². The van der Waals surface area contributed by atoms with E-state index in [-0.39, 0.29) is 6.04 Å². The van der Waals surface area contributed by atoms with Gasteiger partial charge in [-0.2, -0.15) is 0 Å². The molecule has 2 aromatic heterocycles. The highest BCUT2D eigenvalue weighted by Crippen LogP contribution is 2.38. The van der Waals surface area contributed by atoms with Crippen LogP contribution < -0.4 is 10.1 Å². The maximum absolute atomic E-state index is 6.18. The summed E-state index contributed by atoms with van der Waals surface area (Å²) in [4.78, 5) is 8.00. The minimum Gasteiger partial charge on any atom is -0.487 e. The van der Waals surface area contributed by atoms with Crippen molar-refractivity contribution in [2.24, 2.45) is 0 Å². The van der Waals surface area contributed by atoms with Gasteiger partial charge in [0.1, 0.15) is 12.4 Å². The molecule has 2 aromatic carbocycles. The van der Waals surface area contributed by atoms with E-state index in [2.05, 4.69) is 61.5 Å². The number of aromatic nitrogens is 2. The zero-order valence-corrected chi connectivity index (χ0v) is 16.9. The predicted molar refractivity (Wildman–Crippen MR) is 115 cm³/mol. The van der Waals surface area contributed by atoms with Gasteiger partial charge in [-0.3, -0.25) is 4.98 Å². The van der Waals surface area contributed by atoms with Gasteiger partial charge in [0, 0.05) is 39.4 Å². The van der Waals surface area contributed by atoms with Crippen molar-refractivity contribution >= 4 is 26.8 Å². The topological polar surface area (TPSA) is 49.9 Å². The van der Waals surface area contributed by atoms with Crippen LogP contribution in [-0.4, -0.2) is 16.5 Å². The molecule has 2 N–H and O–H groups in total. The molecule has 0 saturated carbocycles. The van der Waals surface area contributed by atoms with Gasteiger partial charge in [-0.15, -0.1) is 0 Å². The lowest BCUT2D eigenvalue weighted by molar-refractivity contribution is 0.295. The number of hydrogen-bond acceptors (Lipinski definition) is 3. The van der Waals surface area contributed by atoms with Gasteiger partial charge in [-0.05, 0) is 48.4 Å². The SMILES string of the molecule is Brc1ccc(OCc2ccccn2)c([C@@H]2NCCc3c2[nH]c2ccccc32)c1. The van der Waals surface area contributed by atoms with Crippen LogP contribution in [0.3, 0.4) is 0 Å². The largest absolute Gasteiger partial charge is 0.487 e. The van der Waals surface area contributed by atoms with Crippen molar-refractivity contribution in [3.63, 3.8) is 0 Å². The lowest BCUT2D eigenvalue weighted by Crippen LogP contribution is -2.30. The van der Waals surface area contributed by atoms with Crippen molar-refractivity contribution in [2.45, 2.75) is 19.1 Å². The average Bonchev–Trinajstić information content (AvgIpc) is 3.12. The van der Waals surface area contributed by atoms with Crippen molar-refractivity contribution in [1.29, 1.82) is 0 Å². The number of H-pyrrole nitrogens is 1. The summed E-state index contributed by atoms with van der Waals surface area (Å²) < 4.78 is 7.22. The lowest BCUT2D eigenvalue weighted by atomic mass is 9.94. The molecule has 0 unspecified atom stereocenters. The van der Waals surface area contributed by atoms with Crippen LogP contribution in [0.15, 0.2) is 71.3 Å². The molecule has 5 rings (SSSR count). The summed E-state index contributed by atoms with van der Waals surface area (Å²) >= 11 is 3.63. The Kier molecular flexibility index (Phi) is 4.63. The molecule has 0 bridgehead atoms. The summed E-state index contributed by atoms with van der Waals surface area (Å²) in [5.74, 6) is 0.873. The van der Waals surface area contributed by atoms with Gasteiger partial charge in [0.2, 0.25) is 0 Å². The second kappa shape index (κ2) is 7.41. The predicted octanol–water partition coefficient (Wildman–Crippen LogP) is 5.14. The Morgan fingerprint density at radius 1 is 1.07 bits per heavy atom. The molecule has 28 heavy (non-hydrogen) atoms. The lowest BCUT2D eigenvalue weighted by Gasteiger charge is -2.26. The molecule has 0 saturated heterocycles. The van der Waals surface area contributed by atoms with E-state index >= 15 is 0 Å². The molecule has 1 aliphatic heterocycles. The molecule has 0 radical (unpaired) electrons. The number of fused-ring (bicyclic) bond motifs is 3. The first kappa shape index (κ1) is 17.5. The highest BCUT2D eigenvalue weighted by atomic mass is 79.9. The Morgan fingerprint density at radius 2 is 1.96 bits per heavy atom. The number of benzene rings is 2. The normalized spacial score (nSPS) is 16.1. The second-order valence-corrected chi connectivity index (χ2v) is 7.91. The number of hydrogen-bond donors (Lipinski definition) is 2. The Morgan fingerprint density at radius 3 is 2.86 bits per heavy atom. The van der Waals surface area contributed by atoms with E-state index in [1.807, 2.05) is 30.3 Å². The van der Waals surface area contributed by atoms with Crippen molar-refractivity contribution in [1.82, 2.24) is 15.3 Å². The van der Waals surface area contributed by atoms with E-state index < -0.39 is 0 Å². The Hall–Kier alpha value is -2.63. The molecule has 3 heterocycles. The van der Waals surface area contributed by atoms with Gasteiger partial charge < -0.3 is 15.0 Å². The van der Waals surface area contributed by atoms with E-state index in [1.165, 1.54) is 22.2 Å². The standard InChI is InChI=1S/C23H20BrN3O/c24-15-8-9-21(28-14-16-5-3-4-11-25-16)19(13-15)22-23-18(10-12-26-22)17-6-1-2-7-20(17)27-23/h1-9,11,13,22,26-27H,10,12,14H2/t22-/m0/s1. The average molecular weight is 434 g/mol. The van der Waals surface area contributed by atoms with E-state index in [4.69, 9.17) is 4.74 Å². The molecule has 0 spiro atoms. The smallest absolute Gasteiger partial charge is 0.130 e. The maximum atomic E-state index is 6.18. The Labute approximate surface area is 172 Å². The van der Waals surface area contributed by atoms with Crippen LogP contribution >= 0.6 is 15.9 Å². The molecule has 0 aliphatic carbocycles. The van der Waals surface area contributed by atoms with Crippen molar-refractivity contribution in [3.8, 4) is 5.75 Å². The molecule has 4 aromatic rings. The summed E-state index contributed by atoms with van der Waals surface area (Å²) in [5.41, 5.74) is 5.85. The van der Waals surface area contributed by atoms with Gasteiger partial charge >= 0.3 is 0 Å². The summed E-state index contributed by atoms with van der Waals surface area (Å²) in [7, 11) is 0. The van der Waals surface area contributed by atoms with Gasteiger partial charge in [0.15, 0.2) is 0 Å². The quantitative estimate of drug-likeness (QED) is 0.468. The van der Waals surface area contributed by atoms with Crippen LogP contribution in [0.4, 0.5) is 0 Å². The zero-order chi connectivity index (χ0) is 18.9. The number of pyridine rings is 1. The Balaban J connectivity index is 1.54. The van der Waals surface area contributed by atoms with Gasteiger partial charge in [0.05, 0.1) is 11.7 Å². The monoisotopic (exact) mass is 433 g/mol. The van der Waals surface area contributed by atoms with Crippen LogP contribution in [0.1, 0.15) is 28.6 Å². The van der Waals surface area contributed by atoms with Crippen molar-refractivity contribution < 1.29 is 4.74 Å². The summed E-state index contributed by atoms with van der Waals surface area (Å²) in [5, 5.41) is 4.99. The fourth-order valence-corrected chi connectivity index (χ4v) is 4.34. The number of rotatable bonds is 4. The molecule has 5 heteroatoms. The molecular weight excluding hydrogens is 414 g/mol. The molecule has 1 atom stereocenters. The first-order chi connectivity index (χ1) is 13.8. The molecule has 0 fully saturated rings. The zero-order valence-electron chi connectivity index (χ0n) is 15.3. The number of nitrogens with zero attached hydrogens (tertiary/aromatic N) is 1. The van der Waals surface area contributed by atoms with Crippen LogP contribution in [0, 0.1) is 0 Å². The molecule has 1 aliphatic rings. The van der Waals surface area contributed by atoms with Crippen LogP contribution in [0.25, 0.3) is 10.9 Å². The number of nitrogens with one attached hydrogen (secondary N) is 2. The van der Waals surface area contributed by atoms with Crippen molar-refractivity contribution in [2.75, 3.05) is 6.54 Å².